The first-order valence-corrected chi connectivity index (χ1v) is 4.55. The van der Waals surface area contributed by atoms with E-state index >= 15 is 0 Å². The molecule has 0 saturated heterocycles. The maximum absolute atomic E-state index is 13.0. The van der Waals surface area contributed by atoms with Gasteiger partial charge < -0.3 is 9.47 Å². The topological polar surface area (TPSA) is 35.5 Å². The Labute approximate surface area is 87.8 Å². The second kappa shape index (κ2) is 4.77. The van der Waals surface area contributed by atoms with Gasteiger partial charge in [-0.15, -0.1) is 0 Å². The fourth-order valence-corrected chi connectivity index (χ4v) is 1.34. The van der Waals surface area contributed by atoms with Crippen LogP contribution in [-0.2, 0) is 9.53 Å². The van der Waals surface area contributed by atoms with Gasteiger partial charge in [0.15, 0.2) is 0 Å². The van der Waals surface area contributed by atoms with Crippen LogP contribution in [0.25, 0.3) is 0 Å². The van der Waals surface area contributed by atoms with E-state index < -0.39 is 12.1 Å². The minimum absolute atomic E-state index is 0.384. The molecule has 0 aliphatic heterocycles. The molecule has 3 nitrogen and oxygen atoms in total. The van der Waals surface area contributed by atoms with Gasteiger partial charge in [0.05, 0.1) is 7.11 Å². The van der Waals surface area contributed by atoms with E-state index in [1.54, 1.807) is 6.92 Å². The smallest absolute Gasteiger partial charge is 0.303 e. The van der Waals surface area contributed by atoms with Crippen molar-refractivity contribution in [3.05, 3.63) is 29.6 Å². The summed E-state index contributed by atoms with van der Waals surface area (Å²) in [6, 6.07) is 4.10. The molecule has 0 aliphatic carbocycles. The van der Waals surface area contributed by atoms with Crippen molar-refractivity contribution in [3.63, 3.8) is 0 Å². The molecule has 0 spiro atoms. The Morgan fingerprint density at radius 3 is 2.67 bits per heavy atom. The van der Waals surface area contributed by atoms with Gasteiger partial charge in [0.25, 0.3) is 0 Å². The molecular weight excluding hydrogens is 199 g/mol. The van der Waals surface area contributed by atoms with Crippen LogP contribution < -0.4 is 4.74 Å². The number of carbonyl (C=O) groups is 1. The molecule has 1 aromatic carbocycles. The summed E-state index contributed by atoms with van der Waals surface area (Å²) < 4.78 is 23.0. The van der Waals surface area contributed by atoms with E-state index in [1.807, 2.05) is 0 Å². The van der Waals surface area contributed by atoms with Crippen LogP contribution in [0.5, 0.6) is 5.75 Å². The lowest BCUT2D eigenvalue weighted by Gasteiger charge is -2.15. The summed E-state index contributed by atoms with van der Waals surface area (Å²) in [5, 5.41) is 0. The van der Waals surface area contributed by atoms with Crippen molar-refractivity contribution in [2.75, 3.05) is 7.11 Å². The summed E-state index contributed by atoms with van der Waals surface area (Å²) in [5.74, 6) is -0.288. The summed E-state index contributed by atoms with van der Waals surface area (Å²) >= 11 is 0. The van der Waals surface area contributed by atoms with E-state index in [2.05, 4.69) is 0 Å². The largest absolute Gasteiger partial charge is 0.496 e. The summed E-state index contributed by atoms with van der Waals surface area (Å²) in [6.07, 6.45) is -0.520. The summed E-state index contributed by atoms with van der Waals surface area (Å²) in [6.45, 7) is 2.97. The van der Waals surface area contributed by atoms with Crippen LogP contribution in [0.3, 0.4) is 0 Å². The lowest BCUT2D eigenvalue weighted by Crippen LogP contribution is -2.06. The Kier molecular flexibility index (Phi) is 3.66. The number of carbonyl (C=O) groups excluding carboxylic acids is 1. The Morgan fingerprint density at radius 2 is 2.13 bits per heavy atom. The second-order valence-electron chi connectivity index (χ2n) is 3.14. The highest BCUT2D eigenvalue weighted by atomic mass is 19.1. The second-order valence-corrected chi connectivity index (χ2v) is 3.14. The molecule has 0 aliphatic rings. The number of hydrogen-bond donors (Lipinski definition) is 0. The normalized spacial score (nSPS) is 12.0. The molecule has 0 saturated carbocycles. The molecule has 82 valence electrons. The lowest BCUT2D eigenvalue weighted by molar-refractivity contribution is -0.145. The van der Waals surface area contributed by atoms with E-state index in [1.165, 1.54) is 32.2 Å². The Morgan fingerprint density at radius 1 is 1.47 bits per heavy atom. The lowest BCUT2D eigenvalue weighted by atomic mass is 10.1. The number of hydrogen-bond acceptors (Lipinski definition) is 3. The zero-order chi connectivity index (χ0) is 11.4. The molecule has 0 radical (unpaired) electrons. The van der Waals surface area contributed by atoms with Crippen molar-refractivity contribution >= 4 is 5.97 Å². The SMILES string of the molecule is COc1ccc(F)cc1C(C)OC(C)=O. The van der Waals surface area contributed by atoms with E-state index in [9.17, 15) is 9.18 Å². The standard InChI is InChI=1S/C11H13FO3/c1-7(15-8(2)13)10-6-9(12)4-5-11(10)14-3/h4-7H,1-3H3. The first-order valence-electron chi connectivity index (χ1n) is 4.55. The van der Waals surface area contributed by atoms with E-state index in [0.717, 1.165) is 0 Å². The van der Waals surface area contributed by atoms with Crippen LogP contribution in [0.4, 0.5) is 4.39 Å². The quantitative estimate of drug-likeness (QED) is 0.722. The van der Waals surface area contributed by atoms with Gasteiger partial charge in [-0.1, -0.05) is 0 Å². The maximum Gasteiger partial charge on any atom is 0.303 e. The van der Waals surface area contributed by atoms with Gasteiger partial charge in [-0.25, -0.2) is 4.39 Å². The fraction of sp³-hybridized carbons (Fsp3) is 0.364. The molecule has 1 rings (SSSR count). The third-order valence-corrected chi connectivity index (χ3v) is 1.97. The highest BCUT2D eigenvalue weighted by Gasteiger charge is 2.14. The fourth-order valence-electron chi connectivity index (χ4n) is 1.34. The first-order chi connectivity index (χ1) is 7.04. The van der Waals surface area contributed by atoms with Crippen LogP contribution in [0, 0.1) is 5.82 Å². The predicted molar refractivity (Wildman–Crippen MR) is 53.1 cm³/mol. The molecule has 1 atom stereocenters. The van der Waals surface area contributed by atoms with Crippen molar-refractivity contribution in [2.45, 2.75) is 20.0 Å². The van der Waals surface area contributed by atoms with Crippen LogP contribution in [0.15, 0.2) is 18.2 Å². The van der Waals surface area contributed by atoms with Gasteiger partial charge in [0.1, 0.15) is 17.7 Å². The van der Waals surface area contributed by atoms with Gasteiger partial charge in [-0.05, 0) is 25.1 Å². The highest BCUT2D eigenvalue weighted by molar-refractivity contribution is 5.66. The minimum atomic E-state index is -0.520. The summed E-state index contributed by atoms with van der Waals surface area (Å²) in [7, 11) is 1.48. The molecule has 0 aromatic heterocycles. The van der Waals surface area contributed by atoms with Crippen molar-refractivity contribution in [2.24, 2.45) is 0 Å². The third kappa shape index (κ3) is 2.94. The Balaban J connectivity index is 2.99. The molecule has 0 amide bonds. The number of rotatable bonds is 3. The number of benzene rings is 1. The van der Waals surface area contributed by atoms with Crippen LogP contribution >= 0.6 is 0 Å². The van der Waals surface area contributed by atoms with Gasteiger partial charge in [0.2, 0.25) is 0 Å². The van der Waals surface area contributed by atoms with Gasteiger partial charge in [-0.2, -0.15) is 0 Å². The minimum Gasteiger partial charge on any atom is -0.496 e. The van der Waals surface area contributed by atoms with Crippen molar-refractivity contribution in [1.29, 1.82) is 0 Å². The molecule has 0 bridgehead atoms. The van der Waals surface area contributed by atoms with E-state index in [4.69, 9.17) is 9.47 Å². The summed E-state index contributed by atoms with van der Waals surface area (Å²) in [4.78, 5) is 10.8. The zero-order valence-corrected chi connectivity index (χ0v) is 8.91. The molecule has 1 aromatic rings. The Bertz CT molecular complexity index is 363. The monoisotopic (exact) mass is 212 g/mol. The molecule has 0 N–H and O–H groups in total. The molecule has 4 heteroatoms. The van der Waals surface area contributed by atoms with Crippen molar-refractivity contribution in [1.82, 2.24) is 0 Å². The molecular formula is C11H13FO3. The first kappa shape index (κ1) is 11.5. The molecule has 1 unspecified atom stereocenters. The van der Waals surface area contributed by atoms with Gasteiger partial charge in [-0.3, -0.25) is 4.79 Å². The zero-order valence-electron chi connectivity index (χ0n) is 8.91. The Hall–Kier alpha value is -1.58. The molecule has 0 heterocycles. The van der Waals surface area contributed by atoms with Crippen LogP contribution in [0.1, 0.15) is 25.5 Å². The van der Waals surface area contributed by atoms with E-state index in [0.29, 0.717) is 11.3 Å². The number of esters is 1. The average molecular weight is 212 g/mol. The summed E-state index contributed by atoms with van der Waals surface area (Å²) in [5.41, 5.74) is 0.521. The van der Waals surface area contributed by atoms with Crippen molar-refractivity contribution in [3.8, 4) is 5.75 Å². The maximum atomic E-state index is 13.0. The number of halogens is 1. The van der Waals surface area contributed by atoms with Gasteiger partial charge in [0, 0.05) is 12.5 Å². The van der Waals surface area contributed by atoms with Crippen LogP contribution in [-0.4, -0.2) is 13.1 Å². The average Bonchev–Trinajstić information content (AvgIpc) is 2.16. The number of methoxy groups -OCH3 is 1. The number of ether oxygens (including phenoxy) is 2. The molecule has 0 fully saturated rings. The highest BCUT2D eigenvalue weighted by Crippen LogP contribution is 2.28. The van der Waals surface area contributed by atoms with Gasteiger partial charge >= 0.3 is 5.97 Å². The van der Waals surface area contributed by atoms with Crippen molar-refractivity contribution < 1.29 is 18.7 Å². The molecule has 15 heavy (non-hydrogen) atoms. The third-order valence-electron chi connectivity index (χ3n) is 1.97. The predicted octanol–water partition coefficient (Wildman–Crippen LogP) is 2.46. The van der Waals surface area contributed by atoms with Crippen LogP contribution in [0.2, 0.25) is 0 Å². The van der Waals surface area contributed by atoms with E-state index in [-0.39, 0.29) is 5.82 Å².